The maximum Gasteiger partial charge on any atom is 0.257 e. The van der Waals surface area contributed by atoms with E-state index in [0.717, 1.165) is 46.0 Å². The van der Waals surface area contributed by atoms with Gasteiger partial charge in [0.05, 0.1) is 44.1 Å². The van der Waals surface area contributed by atoms with Crippen LogP contribution in [0, 0.1) is 0 Å². The number of ether oxygens (including phenoxy) is 4. The van der Waals surface area contributed by atoms with Crippen molar-refractivity contribution in [2.75, 3.05) is 0 Å². The fourth-order valence-corrected chi connectivity index (χ4v) is 23.8. The molecule has 8 aliphatic heterocycles. The van der Waals surface area contributed by atoms with Crippen molar-refractivity contribution in [3.05, 3.63) is 437 Å². The first-order chi connectivity index (χ1) is 65.6. The summed E-state index contributed by atoms with van der Waals surface area (Å²) in [5.74, 6) is 7.65. The normalized spacial score (nSPS) is 13.0. The molecule has 0 bridgehead atoms. The van der Waals surface area contributed by atoms with Crippen LogP contribution < -0.4 is 84.5 Å². The minimum atomic E-state index is 0.122. The van der Waals surface area contributed by atoms with Gasteiger partial charge >= 0.3 is 0 Å². The van der Waals surface area contributed by atoms with Gasteiger partial charge in [0.25, 0.3) is 26.9 Å². The predicted molar refractivity (Wildman–Crippen MR) is 550 cm³/mol. The van der Waals surface area contributed by atoms with Gasteiger partial charge in [-0.05, 0) is 231 Å². The molecule has 12 heteroatoms. The van der Waals surface area contributed by atoms with Gasteiger partial charge in [-0.1, -0.05) is 315 Å². The molecule has 0 atom stereocenters. The minimum absolute atomic E-state index is 0.122. The molecule has 8 nitrogen and oxygen atoms in total. The third kappa shape index (κ3) is 10.4. The third-order valence-corrected chi connectivity index (χ3v) is 29.1. The van der Waals surface area contributed by atoms with Gasteiger partial charge in [-0.25, -0.2) is 0 Å². The Morgan fingerprint density at radius 1 is 0.152 bits per heavy atom. The van der Waals surface area contributed by atoms with Crippen LogP contribution in [0.1, 0.15) is 0 Å². The first kappa shape index (κ1) is 73.1. The summed E-state index contributed by atoms with van der Waals surface area (Å²) >= 11 is 0. The van der Waals surface area contributed by atoms with E-state index in [-0.39, 0.29) is 26.9 Å². The van der Waals surface area contributed by atoms with Crippen molar-refractivity contribution in [1.29, 1.82) is 0 Å². The predicted octanol–water partition coefficient (Wildman–Crippen LogP) is 21.5. The van der Waals surface area contributed by atoms with Gasteiger partial charge in [-0.15, -0.1) is 0 Å². The Labute approximate surface area is 761 Å². The molecule has 0 saturated carbocycles. The summed E-state index contributed by atoms with van der Waals surface area (Å²) in [5, 5.41) is 10.3. The van der Waals surface area contributed by atoms with Crippen molar-refractivity contribution in [3.63, 3.8) is 0 Å². The minimum Gasteiger partial charge on any atom is -0.458 e. The van der Waals surface area contributed by atoms with Crippen molar-refractivity contribution in [2.24, 2.45) is 0 Å². The first-order valence-electron chi connectivity index (χ1n) is 45.6. The molecule has 0 spiro atoms. The van der Waals surface area contributed by atoms with E-state index in [2.05, 4.69) is 455 Å². The lowest BCUT2D eigenvalue weighted by Crippen LogP contribution is -2.58. The molecule has 0 unspecified atom stereocenters. The molecular weight excluding hydrogens is 1600 g/mol. The second kappa shape index (κ2) is 28.3. The number of rotatable bonds is 4. The third-order valence-electron chi connectivity index (χ3n) is 29.1. The van der Waals surface area contributed by atoms with Crippen LogP contribution in [0.5, 0.6) is 46.0 Å². The second-order valence-corrected chi connectivity index (χ2v) is 35.7. The van der Waals surface area contributed by atoms with E-state index >= 15 is 0 Å². The molecule has 12 heterocycles. The Morgan fingerprint density at radius 3 is 0.924 bits per heavy atom. The highest BCUT2D eigenvalue weighted by Crippen LogP contribution is 2.46. The van der Waals surface area contributed by atoms with E-state index in [1.165, 1.54) is 220 Å². The van der Waals surface area contributed by atoms with Crippen molar-refractivity contribution in [2.45, 2.75) is 0 Å². The molecule has 24 aromatic rings. The zero-order chi connectivity index (χ0) is 86.1. The highest BCUT2D eigenvalue weighted by molar-refractivity contribution is 7.02. The summed E-state index contributed by atoms with van der Waals surface area (Å²) in [5.41, 5.74) is 40.3. The summed E-state index contributed by atoms with van der Waals surface area (Å²) in [6, 6.07) is 157. The van der Waals surface area contributed by atoms with Gasteiger partial charge in [0.1, 0.15) is 46.0 Å². The molecule has 608 valence electrons. The maximum absolute atomic E-state index is 6.60. The van der Waals surface area contributed by atoms with Gasteiger partial charge < -0.3 is 37.2 Å². The molecule has 4 aromatic heterocycles. The van der Waals surface area contributed by atoms with E-state index in [0.29, 0.717) is 0 Å². The molecule has 0 radical (unpaired) electrons. The van der Waals surface area contributed by atoms with Gasteiger partial charge in [0.2, 0.25) is 0 Å². The van der Waals surface area contributed by atoms with Crippen molar-refractivity contribution in [3.8, 4) is 113 Å². The van der Waals surface area contributed by atoms with E-state index in [9.17, 15) is 0 Å². The summed E-state index contributed by atoms with van der Waals surface area (Å²) in [4.78, 5) is 0. The zero-order valence-electron chi connectivity index (χ0n) is 71.3. The van der Waals surface area contributed by atoms with Crippen molar-refractivity contribution in [1.82, 2.24) is 18.3 Å². The maximum atomic E-state index is 6.60. The molecule has 0 fully saturated rings. The monoisotopic (exact) mass is 1680 g/mol. The lowest BCUT2D eigenvalue weighted by molar-refractivity contribution is 0.487. The molecule has 0 N–H and O–H groups in total. The number of fused-ring (bicyclic) bond motifs is 32. The van der Waals surface area contributed by atoms with E-state index in [1.807, 2.05) is 0 Å². The Balaban J connectivity index is 0.0000000862. The molecule has 32 rings (SSSR count). The van der Waals surface area contributed by atoms with E-state index in [1.54, 1.807) is 0 Å². The molecular formula is C120H72B4N4O4. The highest BCUT2D eigenvalue weighted by Gasteiger charge is 2.47. The van der Waals surface area contributed by atoms with Crippen LogP contribution in [-0.4, -0.2) is 45.1 Å². The number of nitrogens with zero attached hydrogens (tertiary/aromatic N) is 4. The van der Waals surface area contributed by atoms with Crippen LogP contribution in [-0.2, 0) is 0 Å². The number of aromatic nitrogens is 4. The summed E-state index contributed by atoms with van der Waals surface area (Å²) < 4.78 is 36.0. The number of para-hydroxylation sites is 8. The van der Waals surface area contributed by atoms with Crippen LogP contribution in [0.3, 0.4) is 0 Å². The summed E-state index contributed by atoms with van der Waals surface area (Å²) in [7, 11) is 0. The number of benzene rings is 20. The van der Waals surface area contributed by atoms with Crippen LogP contribution in [0.4, 0.5) is 0 Å². The van der Waals surface area contributed by atoms with Gasteiger partial charge in [0.15, 0.2) is 0 Å². The molecule has 8 aliphatic rings. The smallest absolute Gasteiger partial charge is 0.257 e. The van der Waals surface area contributed by atoms with Gasteiger partial charge in [0, 0.05) is 65.8 Å². The Morgan fingerprint density at radius 2 is 0.447 bits per heavy atom. The van der Waals surface area contributed by atoms with E-state index < -0.39 is 0 Å². The fraction of sp³-hybridized carbons (Fsp3) is 0. The van der Waals surface area contributed by atoms with Crippen LogP contribution in [0.25, 0.3) is 154 Å². The molecule has 0 saturated heterocycles. The van der Waals surface area contributed by atoms with Crippen LogP contribution >= 0.6 is 0 Å². The molecule has 132 heavy (non-hydrogen) atoms. The van der Waals surface area contributed by atoms with Crippen LogP contribution in [0.15, 0.2) is 437 Å². The Kier molecular flexibility index (Phi) is 15.7. The summed E-state index contributed by atoms with van der Waals surface area (Å²) in [6.45, 7) is 0.545. The van der Waals surface area contributed by atoms with Crippen LogP contribution in [0.2, 0.25) is 0 Å². The van der Waals surface area contributed by atoms with Gasteiger partial charge in [-0.2, -0.15) is 0 Å². The first-order valence-corrected chi connectivity index (χ1v) is 45.6. The van der Waals surface area contributed by atoms with E-state index in [4.69, 9.17) is 18.9 Å². The number of hydrogen-bond donors (Lipinski definition) is 0. The number of hydrogen-bond acceptors (Lipinski definition) is 4. The fourth-order valence-electron chi connectivity index (χ4n) is 23.8. The average Bonchev–Trinajstić information content (AvgIpc) is 1.45. The summed E-state index contributed by atoms with van der Waals surface area (Å²) in [6.07, 6.45) is 0. The average molecular weight is 1680 g/mol. The lowest BCUT2D eigenvalue weighted by atomic mass is 9.33. The molecule has 0 aliphatic carbocycles. The van der Waals surface area contributed by atoms with Crippen molar-refractivity contribution < 1.29 is 18.9 Å². The van der Waals surface area contributed by atoms with Gasteiger partial charge in [-0.3, -0.25) is 0 Å². The largest absolute Gasteiger partial charge is 0.458 e. The highest BCUT2D eigenvalue weighted by atomic mass is 16.5. The Bertz CT molecular complexity index is 9070. The molecule has 0 amide bonds. The lowest BCUT2D eigenvalue weighted by Gasteiger charge is -2.34. The second-order valence-electron chi connectivity index (χ2n) is 35.7. The SMILES string of the molecule is c1ccc(-c2ccc3c(c2)B2c4ccccc4-n4c5ccccc5c5ccc(c2c54)O3)cc1.c1ccc(-c2ccc3c(c2)Oc2ccc4c5ccccc5n5c4c2B3c2ccccc2-5)cc1.c1ccc(-c2cccc3c2B2c4ccccc4-n4c5ccccc5c5ccc(c2c54)O3)cc1.c1ccc(-c2cccc3c2B2c4ccccc4Oc4ccc5c6ccccc6n-3c5c42)cc1. The molecule has 20 aromatic carbocycles. The Hall–Kier alpha value is -16.9. The topological polar surface area (TPSA) is 56.6 Å². The standard InChI is InChI=1S/4C30H18BNO/c1-2-9-19(10-3-1)20-12-8-15-25-28(20)31-23-13-5-7-16-26(23)33-27-18-17-22-21-11-4-6-14-24(21)32(25)30(22)29(27)31;1-2-9-19(10-3-1)20-12-8-16-26-28(20)31-23-13-5-7-15-25(23)32-24-14-6-4-11-21(24)22-17-18-27(33-26)29(31)30(22)32;1-2-8-19(9-3-1)20-14-16-27-24(18-20)31-23-11-5-7-13-26(23)32-25-12-6-4-10-21(25)22-15-17-28(33-27)29(31)30(22)32;1-2-8-19(9-3-1)20-14-16-24-28(18-20)33-27-17-15-22-21-10-4-6-12-25(21)32-26-13-7-5-11-23(26)31(24)29(27)30(22)32/h4*1-18H. The quantitative estimate of drug-likeness (QED) is 0.165. The zero-order valence-corrected chi connectivity index (χ0v) is 71.3. The van der Waals surface area contributed by atoms with Crippen molar-refractivity contribution >= 4 is 180 Å².